The SMILES string of the molecule is CCC(C)N1C(=O)C2C(C)NC3(C(=O)Nc4ccc(Cl)cc43)C2C1=O. The van der Waals surface area contributed by atoms with Gasteiger partial charge in [0.2, 0.25) is 17.7 Å². The molecule has 5 unspecified atom stereocenters. The van der Waals surface area contributed by atoms with Crippen LogP contribution in [0.2, 0.25) is 5.02 Å². The third-order valence-electron chi connectivity index (χ3n) is 5.89. The molecule has 0 radical (unpaired) electrons. The lowest BCUT2D eigenvalue weighted by molar-refractivity contribution is -0.145. The third-order valence-corrected chi connectivity index (χ3v) is 6.13. The highest BCUT2D eigenvalue weighted by Crippen LogP contribution is 2.53. The predicted molar refractivity (Wildman–Crippen MR) is 92.9 cm³/mol. The molecule has 0 aliphatic carbocycles. The van der Waals surface area contributed by atoms with E-state index in [0.29, 0.717) is 22.7 Å². The average Bonchev–Trinajstić information content (AvgIpc) is 3.12. The second kappa shape index (κ2) is 5.29. The molecular formula is C18H20ClN3O3. The van der Waals surface area contributed by atoms with Crippen LogP contribution in [0.3, 0.4) is 0 Å². The molecular weight excluding hydrogens is 342 g/mol. The van der Waals surface area contributed by atoms with Crippen LogP contribution >= 0.6 is 11.6 Å². The van der Waals surface area contributed by atoms with Crippen LogP contribution in [0.25, 0.3) is 0 Å². The van der Waals surface area contributed by atoms with E-state index in [-0.39, 0.29) is 29.8 Å². The Morgan fingerprint density at radius 1 is 1.28 bits per heavy atom. The van der Waals surface area contributed by atoms with Gasteiger partial charge in [0.05, 0.1) is 11.8 Å². The number of rotatable bonds is 2. The Labute approximate surface area is 150 Å². The molecule has 2 N–H and O–H groups in total. The molecule has 0 bridgehead atoms. The highest BCUT2D eigenvalue weighted by molar-refractivity contribution is 6.31. The number of fused-ring (bicyclic) bond motifs is 4. The van der Waals surface area contributed by atoms with Crippen molar-refractivity contribution in [2.45, 2.75) is 44.8 Å². The average molecular weight is 362 g/mol. The second-order valence-electron chi connectivity index (χ2n) is 7.19. The van der Waals surface area contributed by atoms with Crippen molar-refractivity contribution in [1.82, 2.24) is 10.2 Å². The molecule has 3 aliphatic rings. The van der Waals surface area contributed by atoms with Gasteiger partial charge in [-0.3, -0.25) is 24.6 Å². The summed E-state index contributed by atoms with van der Waals surface area (Å²) in [7, 11) is 0. The Hall–Kier alpha value is -1.92. The molecule has 7 heteroatoms. The lowest BCUT2D eigenvalue weighted by Crippen LogP contribution is -2.53. The first-order chi connectivity index (χ1) is 11.8. The summed E-state index contributed by atoms with van der Waals surface area (Å²) in [5, 5.41) is 6.59. The number of carbonyl (C=O) groups excluding carboxylic acids is 3. The summed E-state index contributed by atoms with van der Waals surface area (Å²) >= 11 is 6.15. The van der Waals surface area contributed by atoms with E-state index in [1.54, 1.807) is 18.2 Å². The van der Waals surface area contributed by atoms with Gasteiger partial charge >= 0.3 is 0 Å². The maximum absolute atomic E-state index is 13.2. The number of imide groups is 1. The zero-order valence-corrected chi connectivity index (χ0v) is 15.1. The Bertz CT molecular complexity index is 811. The Kier molecular flexibility index (Phi) is 3.50. The number of hydrogen-bond acceptors (Lipinski definition) is 4. The minimum atomic E-state index is -1.24. The van der Waals surface area contributed by atoms with Crippen molar-refractivity contribution in [3.05, 3.63) is 28.8 Å². The van der Waals surface area contributed by atoms with Gasteiger partial charge in [0, 0.05) is 28.4 Å². The fourth-order valence-corrected chi connectivity index (χ4v) is 4.75. The van der Waals surface area contributed by atoms with Crippen molar-refractivity contribution >= 4 is 35.0 Å². The molecule has 1 aromatic rings. The zero-order valence-electron chi connectivity index (χ0n) is 14.3. The topological polar surface area (TPSA) is 78.5 Å². The molecule has 3 amide bonds. The van der Waals surface area contributed by atoms with Crippen LogP contribution in [0.5, 0.6) is 0 Å². The summed E-state index contributed by atoms with van der Waals surface area (Å²) in [5.41, 5.74) is 0.0488. The maximum atomic E-state index is 13.2. The van der Waals surface area contributed by atoms with Gasteiger partial charge in [0.25, 0.3) is 0 Å². The lowest BCUT2D eigenvalue weighted by atomic mass is 9.76. The molecule has 0 saturated carbocycles. The van der Waals surface area contributed by atoms with E-state index >= 15 is 0 Å². The van der Waals surface area contributed by atoms with E-state index < -0.39 is 17.4 Å². The Balaban J connectivity index is 1.89. The normalized spacial score (nSPS) is 34.5. The number of nitrogens with zero attached hydrogens (tertiary/aromatic N) is 1. The largest absolute Gasteiger partial charge is 0.324 e. The van der Waals surface area contributed by atoms with Crippen molar-refractivity contribution in [1.29, 1.82) is 0 Å². The van der Waals surface area contributed by atoms with Gasteiger partial charge in [-0.2, -0.15) is 0 Å². The summed E-state index contributed by atoms with van der Waals surface area (Å²) in [6.45, 7) is 5.66. The minimum absolute atomic E-state index is 0.182. The van der Waals surface area contributed by atoms with E-state index in [1.807, 2.05) is 20.8 Å². The van der Waals surface area contributed by atoms with Crippen molar-refractivity contribution in [2.75, 3.05) is 5.32 Å². The molecule has 6 nitrogen and oxygen atoms in total. The maximum Gasteiger partial charge on any atom is 0.250 e. The number of halogens is 1. The van der Waals surface area contributed by atoms with E-state index in [4.69, 9.17) is 11.6 Å². The van der Waals surface area contributed by atoms with Crippen LogP contribution in [0.1, 0.15) is 32.8 Å². The van der Waals surface area contributed by atoms with Crippen LogP contribution in [-0.4, -0.2) is 34.7 Å². The molecule has 3 heterocycles. The Morgan fingerprint density at radius 2 is 2.00 bits per heavy atom. The van der Waals surface area contributed by atoms with Crippen LogP contribution in [0.15, 0.2) is 18.2 Å². The van der Waals surface area contributed by atoms with Crippen molar-refractivity contribution in [3.63, 3.8) is 0 Å². The van der Waals surface area contributed by atoms with E-state index in [0.717, 1.165) is 0 Å². The van der Waals surface area contributed by atoms with Crippen molar-refractivity contribution in [3.8, 4) is 0 Å². The monoisotopic (exact) mass is 361 g/mol. The van der Waals surface area contributed by atoms with Gasteiger partial charge in [-0.25, -0.2) is 0 Å². The van der Waals surface area contributed by atoms with Crippen LogP contribution < -0.4 is 10.6 Å². The molecule has 0 aromatic heterocycles. The van der Waals surface area contributed by atoms with Gasteiger partial charge in [0.15, 0.2) is 0 Å². The number of amides is 3. The summed E-state index contributed by atoms with van der Waals surface area (Å²) in [6.07, 6.45) is 0.681. The number of benzene rings is 1. The second-order valence-corrected chi connectivity index (χ2v) is 7.63. The molecule has 1 aromatic carbocycles. The molecule has 2 fully saturated rings. The highest BCUT2D eigenvalue weighted by Gasteiger charge is 2.69. The smallest absolute Gasteiger partial charge is 0.250 e. The third kappa shape index (κ3) is 1.92. The molecule has 1 spiro atoms. The van der Waals surface area contributed by atoms with Gasteiger partial charge in [-0.1, -0.05) is 18.5 Å². The fraction of sp³-hybridized carbons (Fsp3) is 0.500. The fourth-order valence-electron chi connectivity index (χ4n) is 4.58. The first-order valence-electron chi connectivity index (χ1n) is 8.59. The van der Waals surface area contributed by atoms with Crippen LogP contribution in [0, 0.1) is 11.8 Å². The summed E-state index contributed by atoms with van der Waals surface area (Å²) in [6, 6.07) is 4.67. The van der Waals surface area contributed by atoms with Crippen molar-refractivity contribution < 1.29 is 14.4 Å². The summed E-state index contributed by atoms with van der Waals surface area (Å²) in [5.74, 6) is -2.05. The standard InChI is InChI=1S/C18H20ClN3O3/c1-4-8(2)22-15(23)13-9(3)21-18(14(13)16(22)24)11-7-10(19)5-6-12(11)20-17(18)25/h5-9,13-14,21H,4H2,1-3H3,(H,20,25). The molecule has 25 heavy (non-hydrogen) atoms. The number of anilines is 1. The summed E-state index contributed by atoms with van der Waals surface area (Å²) in [4.78, 5) is 40.4. The first kappa shape index (κ1) is 16.5. The molecule has 132 valence electrons. The van der Waals surface area contributed by atoms with Crippen LogP contribution in [-0.2, 0) is 19.9 Å². The quantitative estimate of drug-likeness (QED) is 0.788. The first-order valence-corrected chi connectivity index (χ1v) is 8.96. The number of likely N-dealkylation sites (tertiary alicyclic amines) is 1. The number of carbonyl (C=O) groups is 3. The van der Waals surface area contributed by atoms with E-state index in [1.165, 1.54) is 4.90 Å². The lowest BCUT2D eigenvalue weighted by Gasteiger charge is -2.30. The van der Waals surface area contributed by atoms with Gasteiger partial charge in [-0.15, -0.1) is 0 Å². The zero-order chi connectivity index (χ0) is 18.1. The predicted octanol–water partition coefficient (Wildman–Crippen LogP) is 1.88. The van der Waals surface area contributed by atoms with E-state index in [2.05, 4.69) is 10.6 Å². The molecule has 4 rings (SSSR count). The van der Waals surface area contributed by atoms with Crippen molar-refractivity contribution in [2.24, 2.45) is 11.8 Å². The van der Waals surface area contributed by atoms with Gasteiger partial charge in [-0.05, 0) is 38.5 Å². The summed E-state index contributed by atoms with van der Waals surface area (Å²) < 4.78 is 0. The molecule has 2 saturated heterocycles. The molecule has 5 atom stereocenters. The number of nitrogens with one attached hydrogen (secondary N) is 2. The van der Waals surface area contributed by atoms with Gasteiger partial charge in [0.1, 0.15) is 5.54 Å². The minimum Gasteiger partial charge on any atom is -0.324 e. The Morgan fingerprint density at radius 3 is 2.68 bits per heavy atom. The van der Waals surface area contributed by atoms with E-state index in [9.17, 15) is 14.4 Å². The number of hydrogen-bond donors (Lipinski definition) is 2. The van der Waals surface area contributed by atoms with Crippen LogP contribution in [0.4, 0.5) is 5.69 Å². The molecule has 3 aliphatic heterocycles. The van der Waals surface area contributed by atoms with Gasteiger partial charge < -0.3 is 5.32 Å². The highest BCUT2D eigenvalue weighted by atomic mass is 35.5.